The van der Waals surface area contributed by atoms with Gasteiger partial charge in [0.2, 0.25) is 0 Å². The van der Waals surface area contributed by atoms with Crippen molar-refractivity contribution in [2.75, 3.05) is 5.75 Å². The lowest BCUT2D eigenvalue weighted by molar-refractivity contribution is 0.849. The number of fused-ring (bicyclic) bond motifs is 1. The quantitative estimate of drug-likeness (QED) is 0.695. The molecule has 0 saturated heterocycles. The summed E-state index contributed by atoms with van der Waals surface area (Å²) >= 11 is 1.79. The number of hydrogen-bond acceptors (Lipinski definition) is 3. The molecule has 1 aliphatic rings. The van der Waals surface area contributed by atoms with Gasteiger partial charge >= 0.3 is 0 Å². The van der Waals surface area contributed by atoms with Crippen LogP contribution in [0.25, 0.3) is 10.9 Å². The van der Waals surface area contributed by atoms with Crippen molar-refractivity contribution in [1.29, 1.82) is 0 Å². The van der Waals surface area contributed by atoms with Gasteiger partial charge in [0.15, 0.2) is 0 Å². The van der Waals surface area contributed by atoms with Crippen LogP contribution in [0.1, 0.15) is 17.3 Å². The number of nitrogens with zero attached hydrogens (tertiary/aromatic N) is 2. The first-order valence-electron chi connectivity index (χ1n) is 7.02. The van der Waals surface area contributed by atoms with Crippen molar-refractivity contribution in [2.45, 2.75) is 6.04 Å². The Kier molecular flexibility index (Phi) is 3.20. The maximum absolute atomic E-state index is 4.85. The molecule has 1 atom stereocenters. The maximum atomic E-state index is 4.85. The molecule has 0 aliphatic carbocycles. The standard InChI is InChI=1S/C18H14N2S/c1-2-6-13(7-3-1)17-12-21-18(20-17)16-11-10-14-8-4-5-9-15(14)19-16/h1-11,17H,12H2/t17-/m0/s1. The van der Waals surface area contributed by atoms with Gasteiger partial charge in [0.05, 0.1) is 17.3 Å². The van der Waals surface area contributed by atoms with Crippen LogP contribution in [0.3, 0.4) is 0 Å². The summed E-state index contributed by atoms with van der Waals surface area (Å²) in [5, 5.41) is 2.22. The highest BCUT2D eigenvalue weighted by molar-refractivity contribution is 8.14. The minimum absolute atomic E-state index is 0.250. The predicted octanol–water partition coefficient (Wildman–Crippen LogP) is 4.47. The summed E-state index contributed by atoms with van der Waals surface area (Å²) < 4.78 is 0. The van der Waals surface area contributed by atoms with Gasteiger partial charge in [0.25, 0.3) is 0 Å². The van der Waals surface area contributed by atoms with E-state index in [1.807, 2.05) is 24.3 Å². The molecule has 3 aromatic rings. The second-order valence-electron chi connectivity index (χ2n) is 5.06. The summed E-state index contributed by atoms with van der Waals surface area (Å²) in [6.45, 7) is 0. The lowest BCUT2D eigenvalue weighted by Gasteiger charge is -2.04. The molecular formula is C18H14N2S. The maximum Gasteiger partial charge on any atom is 0.117 e. The average Bonchev–Trinajstić information content (AvgIpc) is 3.05. The van der Waals surface area contributed by atoms with Crippen LogP contribution in [0.4, 0.5) is 0 Å². The Balaban J connectivity index is 1.69. The highest BCUT2D eigenvalue weighted by Gasteiger charge is 2.21. The van der Waals surface area contributed by atoms with Gasteiger partial charge in [-0.15, -0.1) is 11.8 Å². The zero-order valence-electron chi connectivity index (χ0n) is 11.4. The molecule has 4 rings (SSSR count). The zero-order valence-corrected chi connectivity index (χ0v) is 12.3. The lowest BCUT2D eigenvalue weighted by Crippen LogP contribution is -1.96. The Morgan fingerprint density at radius 3 is 2.57 bits per heavy atom. The van der Waals surface area contributed by atoms with E-state index in [0.717, 1.165) is 22.0 Å². The van der Waals surface area contributed by atoms with Crippen molar-refractivity contribution in [3.8, 4) is 0 Å². The minimum atomic E-state index is 0.250. The Morgan fingerprint density at radius 2 is 1.67 bits per heavy atom. The topological polar surface area (TPSA) is 25.2 Å². The van der Waals surface area contributed by atoms with Crippen molar-refractivity contribution < 1.29 is 0 Å². The highest BCUT2D eigenvalue weighted by Crippen LogP contribution is 2.32. The summed E-state index contributed by atoms with van der Waals surface area (Å²) in [5.41, 5.74) is 3.29. The van der Waals surface area contributed by atoms with E-state index in [1.54, 1.807) is 11.8 Å². The molecule has 0 N–H and O–H groups in total. The number of rotatable bonds is 2. The van der Waals surface area contributed by atoms with Crippen LogP contribution < -0.4 is 0 Å². The Labute approximate surface area is 127 Å². The molecule has 0 fully saturated rings. The van der Waals surface area contributed by atoms with E-state index in [4.69, 9.17) is 9.98 Å². The van der Waals surface area contributed by atoms with Gasteiger partial charge in [-0.1, -0.05) is 54.6 Å². The number of thioether (sulfide) groups is 1. The van der Waals surface area contributed by atoms with Crippen molar-refractivity contribution in [3.05, 3.63) is 78.0 Å². The normalized spacial score (nSPS) is 17.9. The Bertz CT molecular complexity index is 812. The molecule has 0 spiro atoms. The summed E-state index contributed by atoms with van der Waals surface area (Å²) in [5.74, 6) is 0.994. The lowest BCUT2D eigenvalue weighted by atomic mass is 10.1. The van der Waals surface area contributed by atoms with E-state index < -0.39 is 0 Å². The fourth-order valence-corrected chi connectivity index (χ4v) is 3.59. The number of aliphatic imine (C=N–C) groups is 1. The van der Waals surface area contributed by atoms with Gasteiger partial charge < -0.3 is 0 Å². The van der Waals surface area contributed by atoms with E-state index in [-0.39, 0.29) is 6.04 Å². The molecule has 1 aliphatic heterocycles. The molecule has 21 heavy (non-hydrogen) atoms. The Hall–Kier alpha value is -2.13. The summed E-state index contributed by atoms with van der Waals surface area (Å²) in [6.07, 6.45) is 0. The first kappa shape index (κ1) is 12.6. The van der Waals surface area contributed by atoms with Gasteiger partial charge in [-0.25, -0.2) is 4.98 Å². The van der Waals surface area contributed by atoms with Crippen molar-refractivity contribution >= 4 is 27.7 Å². The van der Waals surface area contributed by atoms with E-state index in [9.17, 15) is 0 Å². The van der Waals surface area contributed by atoms with Gasteiger partial charge in [-0.05, 0) is 17.7 Å². The molecule has 0 amide bonds. The highest BCUT2D eigenvalue weighted by atomic mass is 32.2. The monoisotopic (exact) mass is 290 g/mol. The molecule has 3 heteroatoms. The molecule has 2 nitrogen and oxygen atoms in total. The van der Waals surface area contributed by atoms with Gasteiger partial charge in [0.1, 0.15) is 5.04 Å². The number of hydrogen-bond donors (Lipinski definition) is 0. The van der Waals surface area contributed by atoms with Crippen molar-refractivity contribution in [2.24, 2.45) is 4.99 Å². The van der Waals surface area contributed by atoms with Crippen LogP contribution in [-0.2, 0) is 0 Å². The first-order valence-corrected chi connectivity index (χ1v) is 8.00. The molecule has 0 unspecified atom stereocenters. The molecule has 0 saturated carbocycles. The second-order valence-corrected chi connectivity index (χ2v) is 6.07. The van der Waals surface area contributed by atoms with Crippen LogP contribution in [0.2, 0.25) is 0 Å². The van der Waals surface area contributed by atoms with Crippen molar-refractivity contribution in [1.82, 2.24) is 4.98 Å². The smallest absolute Gasteiger partial charge is 0.117 e. The number of para-hydroxylation sites is 1. The average molecular weight is 290 g/mol. The van der Waals surface area contributed by atoms with Crippen LogP contribution in [0.15, 0.2) is 71.7 Å². The third-order valence-corrected chi connectivity index (χ3v) is 4.72. The molecule has 1 aromatic heterocycles. The SMILES string of the molecule is c1ccc([C@@H]2CSC(c3ccc4ccccc4n3)=N2)cc1. The van der Waals surface area contributed by atoms with Gasteiger partial charge in [-0.3, -0.25) is 4.99 Å². The fourth-order valence-electron chi connectivity index (χ4n) is 2.55. The number of pyridine rings is 1. The van der Waals surface area contributed by atoms with E-state index in [2.05, 4.69) is 42.5 Å². The van der Waals surface area contributed by atoms with Crippen molar-refractivity contribution in [3.63, 3.8) is 0 Å². The summed E-state index contributed by atoms with van der Waals surface area (Å²) in [7, 11) is 0. The largest absolute Gasteiger partial charge is 0.267 e. The van der Waals surface area contributed by atoms with E-state index >= 15 is 0 Å². The third-order valence-electron chi connectivity index (χ3n) is 3.65. The molecular weight excluding hydrogens is 276 g/mol. The number of benzene rings is 2. The van der Waals surface area contributed by atoms with Crippen LogP contribution in [0, 0.1) is 0 Å². The minimum Gasteiger partial charge on any atom is -0.267 e. The Morgan fingerprint density at radius 1 is 0.857 bits per heavy atom. The molecule has 102 valence electrons. The van der Waals surface area contributed by atoms with Crippen LogP contribution >= 0.6 is 11.8 Å². The zero-order chi connectivity index (χ0) is 14.1. The molecule has 2 heterocycles. The van der Waals surface area contributed by atoms with Gasteiger partial charge in [0, 0.05) is 11.1 Å². The fraction of sp³-hybridized carbons (Fsp3) is 0.111. The molecule has 2 aromatic carbocycles. The van der Waals surface area contributed by atoms with E-state index in [0.29, 0.717) is 0 Å². The molecule has 0 bridgehead atoms. The van der Waals surface area contributed by atoms with Gasteiger partial charge in [-0.2, -0.15) is 0 Å². The summed E-state index contributed by atoms with van der Waals surface area (Å²) in [4.78, 5) is 9.59. The van der Waals surface area contributed by atoms with Crippen LogP contribution in [0.5, 0.6) is 0 Å². The third kappa shape index (κ3) is 2.45. The number of aromatic nitrogens is 1. The van der Waals surface area contributed by atoms with E-state index in [1.165, 1.54) is 10.9 Å². The molecule has 0 radical (unpaired) electrons. The first-order chi connectivity index (χ1) is 10.4. The van der Waals surface area contributed by atoms with Crippen LogP contribution in [-0.4, -0.2) is 15.8 Å². The predicted molar refractivity (Wildman–Crippen MR) is 89.9 cm³/mol. The second kappa shape index (κ2) is 5.34. The summed E-state index contributed by atoms with van der Waals surface area (Å²) in [6, 6.07) is 23.1.